The molecule has 0 radical (unpaired) electrons. The lowest BCUT2D eigenvalue weighted by atomic mass is 9.99. The number of aromatic nitrogens is 3. The van der Waals surface area contributed by atoms with E-state index in [1.165, 1.54) is 4.90 Å². The molecule has 1 saturated heterocycles. The summed E-state index contributed by atoms with van der Waals surface area (Å²) in [5.74, 6) is -0.734. The van der Waals surface area contributed by atoms with E-state index in [-0.39, 0.29) is 29.9 Å². The molecule has 0 saturated carbocycles. The van der Waals surface area contributed by atoms with E-state index in [2.05, 4.69) is 20.3 Å². The van der Waals surface area contributed by atoms with Crippen molar-refractivity contribution in [1.82, 2.24) is 20.3 Å². The molecule has 1 aliphatic heterocycles. The van der Waals surface area contributed by atoms with Crippen LogP contribution in [0.3, 0.4) is 0 Å². The maximum absolute atomic E-state index is 11.9. The molecule has 0 aromatic carbocycles. The van der Waals surface area contributed by atoms with Gasteiger partial charge in [-0.2, -0.15) is 15.0 Å². The summed E-state index contributed by atoms with van der Waals surface area (Å²) in [5, 5.41) is 2.21. The van der Waals surface area contributed by atoms with Crippen molar-refractivity contribution in [3.05, 3.63) is 5.28 Å². The molecule has 8 nitrogen and oxygen atoms in total. The van der Waals surface area contributed by atoms with Crippen molar-refractivity contribution in [1.29, 1.82) is 0 Å². The molecule has 0 unspecified atom stereocenters. The number of anilines is 1. The Kier molecular flexibility index (Phi) is 3.99. The zero-order valence-electron chi connectivity index (χ0n) is 12.2. The van der Waals surface area contributed by atoms with E-state index in [0.717, 1.165) is 0 Å². The van der Waals surface area contributed by atoms with Crippen LogP contribution in [0.5, 0.6) is 6.01 Å². The molecule has 0 spiro atoms. The lowest BCUT2D eigenvalue weighted by molar-refractivity contribution is -0.135. The summed E-state index contributed by atoms with van der Waals surface area (Å²) in [7, 11) is 0. The minimum absolute atomic E-state index is 0.0502. The van der Waals surface area contributed by atoms with Crippen LogP contribution in [-0.2, 0) is 9.59 Å². The number of halogens is 1. The van der Waals surface area contributed by atoms with E-state index in [9.17, 15) is 9.59 Å². The number of rotatable bonds is 3. The second-order valence-corrected chi connectivity index (χ2v) is 5.71. The first-order valence-electron chi connectivity index (χ1n) is 6.40. The first-order chi connectivity index (χ1) is 9.70. The lowest BCUT2D eigenvalue weighted by Gasteiger charge is -2.39. The van der Waals surface area contributed by atoms with Crippen LogP contribution in [0.4, 0.5) is 5.95 Å². The van der Waals surface area contributed by atoms with Crippen molar-refractivity contribution in [3.63, 3.8) is 0 Å². The average Bonchev–Trinajstić information content (AvgIpc) is 2.32. The van der Waals surface area contributed by atoms with Gasteiger partial charge in [-0.1, -0.05) is 0 Å². The molecule has 114 valence electrons. The van der Waals surface area contributed by atoms with E-state index in [1.807, 2.05) is 13.8 Å². The van der Waals surface area contributed by atoms with Gasteiger partial charge in [0.1, 0.15) is 12.1 Å². The first kappa shape index (κ1) is 15.4. The summed E-state index contributed by atoms with van der Waals surface area (Å²) in [4.78, 5) is 37.0. The molecular weight excluding hydrogens is 298 g/mol. The summed E-state index contributed by atoms with van der Waals surface area (Å²) in [6.07, 6.45) is -0.143. The number of ether oxygens (including phenoxy) is 1. The number of imide groups is 1. The quantitative estimate of drug-likeness (QED) is 0.814. The van der Waals surface area contributed by atoms with Gasteiger partial charge >= 0.3 is 6.01 Å². The number of nitrogens with zero attached hydrogens (tertiary/aromatic N) is 4. The molecule has 2 heterocycles. The third kappa shape index (κ3) is 3.21. The van der Waals surface area contributed by atoms with Crippen molar-refractivity contribution in [2.24, 2.45) is 0 Å². The Balaban J connectivity index is 2.41. The summed E-state index contributed by atoms with van der Waals surface area (Å²) in [6.45, 7) is 6.91. The van der Waals surface area contributed by atoms with Crippen molar-refractivity contribution < 1.29 is 14.3 Å². The molecule has 0 bridgehead atoms. The number of nitrogens with one attached hydrogen (secondary N) is 1. The molecule has 9 heteroatoms. The van der Waals surface area contributed by atoms with Gasteiger partial charge < -0.3 is 9.64 Å². The van der Waals surface area contributed by atoms with E-state index in [4.69, 9.17) is 16.3 Å². The van der Waals surface area contributed by atoms with Crippen molar-refractivity contribution in [2.75, 3.05) is 11.4 Å². The number of hydrogen-bond donors (Lipinski definition) is 1. The largest absolute Gasteiger partial charge is 0.461 e. The van der Waals surface area contributed by atoms with Gasteiger partial charge in [-0.3, -0.25) is 14.9 Å². The minimum Gasteiger partial charge on any atom is -0.461 e. The summed E-state index contributed by atoms with van der Waals surface area (Å²) in [5.41, 5.74) is -0.992. The van der Waals surface area contributed by atoms with Crippen LogP contribution in [0, 0.1) is 0 Å². The van der Waals surface area contributed by atoms with E-state index in [1.54, 1.807) is 13.8 Å². The SMILES string of the molecule is CC(C)Oc1nc(Cl)nc(N2CC(=O)NC(=O)C2(C)C)n1. The Morgan fingerprint density at radius 1 is 1.29 bits per heavy atom. The van der Waals surface area contributed by atoms with Gasteiger partial charge in [0.25, 0.3) is 5.91 Å². The Labute approximate surface area is 126 Å². The minimum atomic E-state index is -0.992. The highest BCUT2D eigenvalue weighted by Gasteiger charge is 2.42. The molecule has 21 heavy (non-hydrogen) atoms. The summed E-state index contributed by atoms with van der Waals surface area (Å²) >= 11 is 5.86. The van der Waals surface area contributed by atoms with Gasteiger partial charge in [0.2, 0.25) is 17.1 Å². The van der Waals surface area contributed by atoms with Crippen LogP contribution in [0.15, 0.2) is 0 Å². The zero-order valence-corrected chi connectivity index (χ0v) is 12.9. The predicted molar refractivity (Wildman–Crippen MR) is 75.2 cm³/mol. The predicted octanol–water partition coefficient (Wildman–Crippen LogP) is 0.554. The Morgan fingerprint density at radius 3 is 2.57 bits per heavy atom. The van der Waals surface area contributed by atoms with Crippen LogP contribution in [0.1, 0.15) is 27.7 Å². The molecule has 1 fully saturated rings. The van der Waals surface area contributed by atoms with Crippen molar-refractivity contribution in [3.8, 4) is 6.01 Å². The highest BCUT2D eigenvalue weighted by atomic mass is 35.5. The van der Waals surface area contributed by atoms with Crippen LogP contribution in [0.25, 0.3) is 0 Å². The lowest BCUT2D eigenvalue weighted by Crippen LogP contribution is -2.64. The third-order valence-electron chi connectivity index (χ3n) is 2.94. The molecule has 0 atom stereocenters. The fraction of sp³-hybridized carbons (Fsp3) is 0.583. The molecule has 2 amide bonds. The molecule has 2 rings (SSSR count). The van der Waals surface area contributed by atoms with E-state index >= 15 is 0 Å². The Morgan fingerprint density at radius 2 is 1.95 bits per heavy atom. The number of piperazine rings is 1. The standard InChI is InChI=1S/C12H16ClN5O3/c1-6(2)21-11-16-9(13)15-10(17-11)18-5-7(19)14-8(20)12(18,3)4/h6H,5H2,1-4H3,(H,14,19,20). The van der Waals surface area contributed by atoms with E-state index in [0.29, 0.717) is 0 Å². The molecular formula is C12H16ClN5O3. The molecule has 0 aliphatic carbocycles. The Hall–Kier alpha value is -1.96. The van der Waals surface area contributed by atoms with Crippen LogP contribution >= 0.6 is 11.6 Å². The topological polar surface area (TPSA) is 97.3 Å². The number of carbonyl (C=O) groups excluding carboxylic acids is 2. The number of hydrogen-bond acceptors (Lipinski definition) is 7. The monoisotopic (exact) mass is 313 g/mol. The third-order valence-corrected chi connectivity index (χ3v) is 3.11. The van der Waals surface area contributed by atoms with Gasteiger partial charge in [0, 0.05) is 0 Å². The van der Waals surface area contributed by atoms with Gasteiger partial charge in [-0.25, -0.2) is 0 Å². The van der Waals surface area contributed by atoms with Gasteiger partial charge in [-0.05, 0) is 39.3 Å². The molecule has 1 aliphatic rings. The second kappa shape index (κ2) is 5.44. The molecule has 1 N–H and O–H groups in total. The summed E-state index contributed by atoms with van der Waals surface area (Å²) in [6, 6.07) is 0.0502. The fourth-order valence-corrected chi connectivity index (χ4v) is 1.96. The number of amides is 2. The van der Waals surface area contributed by atoms with Crippen LogP contribution in [-0.4, -0.2) is 45.0 Å². The first-order valence-corrected chi connectivity index (χ1v) is 6.78. The maximum Gasteiger partial charge on any atom is 0.322 e. The number of carbonyl (C=O) groups is 2. The van der Waals surface area contributed by atoms with E-state index < -0.39 is 17.4 Å². The van der Waals surface area contributed by atoms with Gasteiger partial charge in [0.05, 0.1) is 6.10 Å². The second-order valence-electron chi connectivity index (χ2n) is 5.38. The van der Waals surface area contributed by atoms with Crippen molar-refractivity contribution in [2.45, 2.75) is 39.3 Å². The maximum atomic E-state index is 11.9. The molecule has 1 aromatic heterocycles. The zero-order chi connectivity index (χ0) is 15.8. The van der Waals surface area contributed by atoms with Crippen LogP contribution in [0.2, 0.25) is 5.28 Å². The molecule has 1 aromatic rings. The fourth-order valence-electron chi connectivity index (χ4n) is 1.81. The van der Waals surface area contributed by atoms with Gasteiger partial charge in [-0.15, -0.1) is 0 Å². The smallest absolute Gasteiger partial charge is 0.322 e. The normalized spacial score (nSPS) is 17.9. The average molecular weight is 314 g/mol. The highest BCUT2D eigenvalue weighted by Crippen LogP contribution is 2.25. The van der Waals surface area contributed by atoms with Crippen molar-refractivity contribution >= 4 is 29.4 Å². The Bertz CT molecular complexity index is 590. The summed E-state index contributed by atoms with van der Waals surface area (Å²) < 4.78 is 5.39. The van der Waals surface area contributed by atoms with Crippen LogP contribution < -0.4 is 15.0 Å². The van der Waals surface area contributed by atoms with Gasteiger partial charge in [0.15, 0.2) is 0 Å². The highest BCUT2D eigenvalue weighted by molar-refractivity contribution is 6.28.